The van der Waals surface area contributed by atoms with Crippen LogP contribution in [0.3, 0.4) is 0 Å². The molecular formula is C14H24BNO2. The van der Waals surface area contributed by atoms with Crippen molar-refractivity contribution in [2.45, 2.75) is 40.3 Å². The summed E-state index contributed by atoms with van der Waals surface area (Å²) in [5.74, 6) is 0. The molecule has 0 radical (unpaired) electrons. The number of rotatable bonds is 4. The zero-order chi connectivity index (χ0) is 13.9. The van der Waals surface area contributed by atoms with E-state index in [-0.39, 0.29) is 5.41 Å². The molecule has 1 aromatic rings. The Morgan fingerprint density at radius 2 is 1.89 bits per heavy atom. The van der Waals surface area contributed by atoms with Crippen LogP contribution in [-0.2, 0) is 6.54 Å². The number of hydrogen-bond donors (Lipinski definition) is 2. The minimum atomic E-state index is -1.39. The van der Waals surface area contributed by atoms with Gasteiger partial charge in [0.05, 0.1) is 0 Å². The van der Waals surface area contributed by atoms with Gasteiger partial charge in [-0.2, -0.15) is 0 Å². The van der Waals surface area contributed by atoms with Gasteiger partial charge in [-0.15, -0.1) is 0 Å². The molecule has 0 amide bonds. The first-order valence-corrected chi connectivity index (χ1v) is 6.37. The van der Waals surface area contributed by atoms with Crippen LogP contribution in [0.5, 0.6) is 0 Å². The van der Waals surface area contributed by atoms with E-state index in [4.69, 9.17) is 10.0 Å². The van der Waals surface area contributed by atoms with Crippen molar-refractivity contribution in [1.29, 1.82) is 0 Å². The lowest BCUT2D eigenvalue weighted by molar-refractivity contribution is 0.134. The third-order valence-electron chi connectivity index (χ3n) is 3.60. The number of nitrogens with zero attached hydrogens (tertiary/aromatic N) is 1. The van der Waals surface area contributed by atoms with E-state index in [1.165, 1.54) is 0 Å². The van der Waals surface area contributed by atoms with E-state index in [0.29, 0.717) is 11.5 Å². The smallest absolute Gasteiger partial charge is 0.423 e. The topological polar surface area (TPSA) is 43.7 Å². The van der Waals surface area contributed by atoms with E-state index >= 15 is 0 Å². The maximum atomic E-state index is 9.16. The molecule has 0 heterocycles. The molecule has 0 aliphatic heterocycles. The van der Waals surface area contributed by atoms with Gasteiger partial charge < -0.3 is 10.0 Å². The van der Waals surface area contributed by atoms with E-state index in [1.54, 1.807) is 6.07 Å². The predicted molar refractivity (Wildman–Crippen MR) is 76.7 cm³/mol. The highest BCUT2D eigenvalue weighted by Crippen LogP contribution is 2.23. The Morgan fingerprint density at radius 3 is 2.39 bits per heavy atom. The minimum absolute atomic E-state index is 0.225. The lowest BCUT2D eigenvalue weighted by Crippen LogP contribution is -2.39. The first-order valence-electron chi connectivity index (χ1n) is 6.37. The Hall–Kier alpha value is -0.835. The van der Waals surface area contributed by atoms with Crippen molar-refractivity contribution in [3.05, 3.63) is 29.8 Å². The Kier molecular flexibility index (Phi) is 4.96. The number of benzene rings is 1. The highest BCUT2D eigenvalue weighted by atomic mass is 16.4. The number of hydrogen-bond acceptors (Lipinski definition) is 3. The van der Waals surface area contributed by atoms with Gasteiger partial charge in [-0.05, 0) is 30.4 Å². The highest BCUT2D eigenvalue weighted by molar-refractivity contribution is 6.58. The van der Waals surface area contributed by atoms with Gasteiger partial charge in [0.2, 0.25) is 0 Å². The van der Waals surface area contributed by atoms with Gasteiger partial charge in [0, 0.05) is 12.6 Å². The van der Waals surface area contributed by atoms with E-state index < -0.39 is 7.12 Å². The second kappa shape index (κ2) is 5.87. The second-order valence-corrected chi connectivity index (χ2v) is 6.08. The first kappa shape index (κ1) is 15.2. The summed E-state index contributed by atoms with van der Waals surface area (Å²) in [5, 5.41) is 18.3. The van der Waals surface area contributed by atoms with Crippen molar-refractivity contribution in [2.75, 3.05) is 7.05 Å². The first-order chi connectivity index (χ1) is 8.21. The van der Waals surface area contributed by atoms with Gasteiger partial charge in [-0.3, -0.25) is 4.90 Å². The third-order valence-corrected chi connectivity index (χ3v) is 3.60. The van der Waals surface area contributed by atoms with Crippen molar-refractivity contribution in [1.82, 2.24) is 4.90 Å². The molecule has 2 N–H and O–H groups in total. The predicted octanol–water partition coefficient (Wildman–Crippen LogP) is 1.23. The van der Waals surface area contributed by atoms with Crippen LogP contribution in [0.25, 0.3) is 0 Å². The molecule has 0 aliphatic carbocycles. The van der Waals surface area contributed by atoms with Crippen LogP contribution in [0, 0.1) is 5.41 Å². The van der Waals surface area contributed by atoms with E-state index in [0.717, 1.165) is 12.1 Å². The van der Waals surface area contributed by atoms with Crippen molar-refractivity contribution in [2.24, 2.45) is 5.41 Å². The average Bonchev–Trinajstić information content (AvgIpc) is 2.27. The molecular weight excluding hydrogens is 225 g/mol. The van der Waals surface area contributed by atoms with Crippen LogP contribution in [0.15, 0.2) is 24.3 Å². The fraction of sp³-hybridized carbons (Fsp3) is 0.571. The molecule has 0 aliphatic rings. The summed E-state index contributed by atoms with van der Waals surface area (Å²) in [5.41, 5.74) is 1.87. The quantitative estimate of drug-likeness (QED) is 0.789. The van der Waals surface area contributed by atoms with Gasteiger partial charge in [-0.25, -0.2) is 0 Å². The average molecular weight is 249 g/mol. The summed E-state index contributed by atoms with van der Waals surface area (Å²) in [6.07, 6.45) is 0. The van der Waals surface area contributed by atoms with Crippen LogP contribution in [-0.4, -0.2) is 35.2 Å². The van der Waals surface area contributed by atoms with Gasteiger partial charge >= 0.3 is 7.12 Å². The van der Waals surface area contributed by atoms with Crippen molar-refractivity contribution < 1.29 is 10.0 Å². The summed E-state index contributed by atoms with van der Waals surface area (Å²) >= 11 is 0. The van der Waals surface area contributed by atoms with Crippen molar-refractivity contribution >= 4 is 12.6 Å². The normalized spacial score (nSPS) is 13.8. The molecule has 1 unspecified atom stereocenters. The summed E-state index contributed by atoms with van der Waals surface area (Å²) in [7, 11) is 0.702. The molecule has 1 rings (SSSR count). The largest absolute Gasteiger partial charge is 0.488 e. The molecule has 0 fully saturated rings. The monoisotopic (exact) mass is 249 g/mol. The fourth-order valence-corrected chi connectivity index (χ4v) is 1.94. The molecule has 1 aromatic carbocycles. The van der Waals surface area contributed by atoms with Crippen LogP contribution < -0.4 is 5.46 Å². The van der Waals surface area contributed by atoms with Crippen LogP contribution in [0.2, 0.25) is 0 Å². The molecule has 4 heteroatoms. The van der Waals surface area contributed by atoms with Crippen molar-refractivity contribution in [3.63, 3.8) is 0 Å². The van der Waals surface area contributed by atoms with Gasteiger partial charge in [0.1, 0.15) is 0 Å². The Balaban J connectivity index is 2.76. The van der Waals surface area contributed by atoms with Crippen LogP contribution in [0.1, 0.15) is 33.3 Å². The zero-order valence-corrected chi connectivity index (χ0v) is 12.0. The molecule has 0 bridgehead atoms. The molecule has 0 aromatic heterocycles. The molecule has 100 valence electrons. The Bertz CT molecular complexity index is 388. The maximum Gasteiger partial charge on any atom is 0.488 e. The Morgan fingerprint density at radius 1 is 1.28 bits per heavy atom. The molecule has 0 saturated carbocycles. The van der Waals surface area contributed by atoms with Crippen LogP contribution in [0.4, 0.5) is 0 Å². The molecule has 0 saturated heterocycles. The van der Waals surface area contributed by atoms with Gasteiger partial charge in [0.15, 0.2) is 0 Å². The molecule has 1 atom stereocenters. The second-order valence-electron chi connectivity index (χ2n) is 6.08. The molecule has 18 heavy (non-hydrogen) atoms. The van der Waals surface area contributed by atoms with Gasteiger partial charge in [0.25, 0.3) is 0 Å². The van der Waals surface area contributed by atoms with E-state index in [1.807, 2.05) is 18.2 Å². The van der Waals surface area contributed by atoms with Gasteiger partial charge in [-0.1, -0.05) is 45.0 Å². The van der Waals surface area contributed by atoms with E-state index in [9.17, 15) is 0 Å². The zero-order valence-electron chi connectivity index (χ0n) is 12.0. The third kappa shape index (κ3) is 4.12. The fourth-order valence-electron chi connectivity index (χ4n) is 1.94. The molecule has 3 nitrogen and oxygen atoms in total. The molecule has 0 spiro atoms. The minimum Gasteiger partial charge on any atom is -0.423 e. The lowest BCUT2D eigenvalue weighted by atomic mass is 9.79. The van der Waals surface area contributed by atoms with E-state index in [2.05, 4.69) is 39.6 Å². The summed E-state index contributed by atoms with van der Waals surface area (Å²) in [4.78, 5) is 2.28. The SMILES string of the molecule is CC(N(C)Cc1cccc(B(O)O)c1)C(C)(C)C. The summed E-state index contributed by atoms with van der Waals surface area (Å²) in [6, 6.07) is 7.88. The Labute approximate surface area is 111 Å². The lowest BCUT2D eigenvalue weighted by Gasteiger charge is -2.35. The van der Waals surface area contributed by atoms with Crippen molar-refractivity contribution in [3.8, 4) is 0 Å². The summed E-state index contributed by atoms with van der Waals surface area (Å²) < 4.78 is 0. The van der Waals surface area contributed by atoms with Crippen LogP contribution >= 0.6 is 0 Å². The highest BCUT2D eigenvalue weighted by Gasteiger charge is 2.23. The standard InChI is InChI=1S/C14H24BNO2/c1-11(14(2,3)4)16(5)10-12-7-6-8-13(9-12)15(17)18/h6-9,11,17-18H,10H2,1-5H3. The summed E-state index contributed by atoms with van der Waals surface area (Å²) in [6.45, 7) is 9.69. The maximum absolute atomic E-state index is 9.16.